The molecule has 0 saturated heterocycles. The molecule has 1 aliphatic rings. The van der Waals surface area contributed by atoms with Crippen LogP contribution in [0.5, 0.6) is 0 Å². The van der Waals surface area contributed by atoms with Crippen LogP contribution >= 0.6 is 0 Å². The summed E-state index contributed by atoms with van der Waals surface area (Å²) in [5.74, 6) is 1.12. The standard InChI is InChI=1S/C18H23FN4/c19-15-8-6-13(7-9-15)17-16(21-11-3-10-20)12-22-18(23-17)14-4-1-2-5-14/h6-9,12,14,21H,1-5,10-11,20H2. The Morgan fingerprint density at radius 2 is 1.91 bits per heavy atom. The average Bonchev–Trinajstić information content (AvgIpc) is 3.11. The van der Waals surface area contributed by atoms with E-state index in [0.717, 1.165) is 48.6 Å². The maximum atomic E-state index is 13.2. The number of rotatable bonds is 6. The number of nitrogens with two attached hydrogens (primary N) is 1. The third-order valence-electron chi connectivity index (χ3n) is 4.34. The zero-order chi connectivity index (χ0) is 16.1. The Kier molecular flexibility index (Phi) is 5.18. The van der Waals surface area contributed by atoms with Gasteiger partial charge in [0.1, 0.15) is 11.6 Å². The van der Waals surface area contributed by atoms with Crippen molar-refractivity contribution in [3.8, 4) is 11.3 Å². The summed E-state index contributed by atoms with van der Waals surface area (Å²) in [4.78, 5) is 9.37. The highest BCUT2D eigenvalue weighted by Crippen LogP contribution is 2.34. The van der Waals surface area contributed by atoms with Gasteiger partial charge in [0, 0.05) is 18.0 Å². The molecule has 1 aromatic heterocycles. The summed E-state index contributed by atoms with van der Waals surface area (Å²) < 4.78 is 13.2. The Bertz CT molecular complexity index is 636. The molecule has 0 unspecified atom stereocenters. The molecule has 0 bridgehead atoms. The van der Waals surface area contributed by atoms with Gasteiger partial charge >= 0.3 is 0 Å². The molecule has 1 saturated carbocycles. The number of benzene rings is 1. The fourth-order valence-electron chi connectivity index (χ4n) is 3.06. The summed E-state index contributed by atoms with van der Waals surface area (Å²) in [7, 11) is 0. The highest BCUT2D eigenvalue weighted by Gasteiger charge is 2.21. The first-order chi connectivity index (χ1) is 11.3. The first kappa shape index (κ1) is 15.9. The second-order valence-corrected chi connectivity index (χ2v) is 6.05. The van der Waals surface area contributed by atoms with Gasteiger partial charge in [-0.15, -0.1) is 0 Å². The van der Waals surface area contributed by atoms with Gasteiger partial charge in [0.2, 0.25) is 0 Å². The van der Waals surface area contributed by atoms with Crippen molar-refractivity contribution >= 4 is 5.69 Å². The zero-order valence-electron chi connectivity index (χ0n) is 13.3. The molecular formula is C18H23FN4. The third kappa shape index (κ3) is 3.85. The van der Waals surface area contributed by atoms with Gasteiger partial charge in [-0.3, -0.25) is 0 Å². The van der Waals surface area contributed by atoms with Crippen LogP contribution in [-0.2, 0) is 0 Å². The van der Waals surface area contributed by atoms with Crippen molar-refractivity contribution in [3.05, 3.63) is 42.1 Å². The van der Waals surface area contributed by atoms with Crippen LogP contribution in [0.4, 0.5) is 10.1 Å². The Hall–Kier alpha value is -2.01. The van der Waals surface area contributed by atoms with E-state index in [1.807, 2.05) is 6.20 Å². The minimum absolute atomic E-state index is 0.239. The van der Waals surface area contributed by atoms with Crippen LogP contribution in [0.2, 0.25) is 0 Å². The van der Waals surface area contributed by atoms with Crippen molar-refractivity contribution in [2.45, 2.75) is 38.0 Å². The summed E-state index contributed by atoms with van der Waals surface area (Å²) in [6, 6.07) is 6.47. The predicted octanol–water partition coefficient (Wildman–Crippen LogP) is 3.70. The molecule has 1 fully saturated rings. The molecule has 122 valence electrons. The summed E-state index contributed by atoms with van der Waals surface area (Å²) in [5.41, 5.74) is 8.19. The Morgan fingerprint density at radius 3 is 2.61 bits per heavy atom. The van der Waals surface area contributed by atoms with E-state index in [1.165, 1.54) is 25.0 Å². The lowest BCUT2D eigenvalue weighted by Crippen LogP contribution is -2.11. The summed E-state index contributed by atoms with van der Waals surface area (Å²) >= 11 is 0. The number of hydrogen-bond acceptors (Lipinski definition) is 4. The minimum Gasteiger partial charge on any atom is -0.382 e. The minimum atomic E-state index is -0.239. The van der Waals surface area contributed by atoms with Crippen molar-refractivity contribution in [2.24, 2.45) is 5.73 Å². The molecule has 3 rings (SSSR count). The molecule has 3 N–H and O–H groups in total. The second kappa shape index (κ2) is 7.51. The van der Waals surface area contributed by atoms with Crippen LogP contribution in [0.1, 0.15) is 43.8 Å². The van der Waals surface area contributed by atoms with E-state index in [0.29, 0.717) is 12.5 Å². The van der Waals surface area contributed by atoms with Crippen molar-refractivity contribution in [2.75, 3.05) is 18.4 Å². The van der Waals surface area contributed by atoms with Crippen molar-refractivity contribution in [1.82, 2.24) is 9.97 Å². The molecule has 0 amide bonds. The molecule has 0 spiro atoms. The number of nitrogens with one attached hydrogen (secondary N) is 1. The lowest BCUT2D eigenvalue weighted by molar-refractivity contribution is 0.628. The fraction of sp³-hybridized carbons (Fsp3) is 0.444. The Morgan fingerprint density at radius 1 is 1.17 bits per heavy atom. The van der Waals surface area contributed by atoms with E-state index in [1.54, 1.807) is 12.1 Å². The van der Waals surface area contributed by atoms with Crippen LogP contribution in [-0.4, -0.2) is 23.1 Å². The normalized spacial score (nSPS) is 15.0. The molecule has 2 aromatic rings. The largest absolute Gasteiger partial charge is 0.382 e. The number of nitrogens with zero attached hydrogens (tertiary/aromatic N) is 2. The van der Waals surface area contributed by atoms with Gasteiger partial charge < -0.3 is 11.1 Å². The molecule has 0 atom stereocenters. The van der Waals surface area contributed by atoms with Gasteiger partial charge in [0.25, 0.3) is 0 Å². The van der Waals surface area contributed by atoms with E-state index < -0.39 is 0 Å². The molecule has 1 aliphatic carbocycles. The van der Waals surface area contributed by atoms with Crippen molar-refractivity contribution in [3.63, 3.8) is 0 Å². The quantitative estimate of drug-likeness (QED) is 0.798. The highest BCUT2D eigenvalue weighted by molar-refractivity contribution is 5.73. The van der Waals surface area contributed by atoms with Gasteiger partial charge in [0.15, 0.2) is 0 Å². The van der Waals surface area contributed by atoms with Crippen LogP contribution in [0.25, 0.3) is 11.3 Å². The third-order valence-corrected chi connectivity index (χ3v) is 4.34. The summed E-state index contributed by atoms with van der Waals surface area (Å²) in [6.07, 6.45) is 7.54. The van der Waals surface area contributed by atoms with E-state index >= 15 is 0 Å². The zero-order valence-corrected chi connectivity index (χ0v) is 13.3. The van der Waals surface area contributed by atoms with Crippen LogP contribution in [0.15, 0.2) is 30.5 Å². The van der Waals surface area contributed by atoms with Crippen LogP contribution in [0, 0.1) is 5.82 Å². The van der Waals surface area contributed by atoms with Gasteiger partial charge in [-0.05, 0) is 50.1 Å². The first-order valence-electron chi connectivity index (χ1n) is 8.35. The van der Waals surface area contributed by atoms with Crippen molar-refractivity contribution < 1.29 is 4.39 Å². The number of halogens is 1. The lowest BCUT2D eigenvalue weighted by atomic mass is 10.1. The second-order valence-electron chi connectivity index (χ2n) is 6.05. The van der Waals surface area contributed by atoms with Crippen LogP contribution < -0.4 is 11.1 Å². The molecule has 23 heavy (non-hydrogen) atoms. The lowest BCUT2D eigenvalue weighted by Gasteiger charge is -2.14. The molecule has 1 aromatic carbocycles. The number of aromatic nitrogens is 2. The molecular weight excluding hydrogens is 291 g/mol. The smallest absolute Gasteiger partial charge is 0.132 e. The van der Waals surface area contributed by atoms with E-state index in [2.05, 4.69) is 10.3 Å². The van der Waals surface area contributed by atoms with E-state index in [9.17, 15) is 4.39 Å². The van der Waals surface area contributed by atoms with Gasteiger partial charge in [-0.25, -0.2) is 14.4 Å². The van der Waals surface area contributed by atoms with Crippen LogP contribution in [0.3, 0.4) is 0 Å². The molecule has 0 aliphatic heterocycles. The predicted molar refractivity (Wildman–Crippen MR) is 90.8 cm³/mol. The van der Waals surface area contributed by atoms with E-state index in [-0.39, 0.29) is 5.82 Å². The summed E-state index contributed by atoms with van der Waals surface area (Å²) in [5, 5.41) is 3.35. The number of anilines is 1. The van der Waals surface area contributed by atoms with Gasteiger partial charge in [-0.1, -0.05) is 12.8 Å². The Balaban J connectivity index is 1.93. The fourth-order valence-corrected chi connectivity index (χ4v) is 3.06. The van der Waals surface area contributed by atoms with Gasteiger partial charge in [-0.2, -0.15) is 0 Å². The molecule has 5 heteroatoms. The maximum Gasteiger partial charge on any atom is 0.132 e. The molecule has 1 heterocycles. The van der Waals surface area contributed by atoms with E-state index in [4.69, 9.17) is 10.7 Å². The average molecular weight is 314 g/mol. The monoisotopic (exact) mass is 314 g/mol. The number of hydrogen-bond donors (Lipinski definition) is 2. The Labute approximate surface area is 136 Å². The first-order valence-corrected chi connectivity index (χ1v) is 8.35. The topological polar surface area (TPSA) is 63.8 Å². The highest BCUT2D eigenvalue weighted by atomic mass is 19.1. The van der Waals surface area contributed by atoms with Gasteiger partial charge in [0.05, 0.1) is 17.6 Å². The SMILES string of the molecule is NCCCNc1cnc(C2CCCC2)nc1-c1ccc(F)cc1. The van der Waals surface area contributed by atoms with Crippen molar-refractivity contribution in [1.29, 1.82) is 0 Å². The molecule has 4 nitrogen and oxygen atoms in total. The maximum absolute atomic E-state index is 13.2. The summed E-state index contributed by atoms with van der Waals surface area (Å²) in [6.45, 7) is 1.41. The molecule has 0 radical (unpaired) electrons.